The molecule has 31 heavy (non-hydrogen) atoms. The van der Waals surface area contributed by atoms with E-state index in [9.17, 15) is 19.7 Å². The smallest absolute Gasteiger partial charge is 0.339 e. The topological polar surface area (TPSA) is 122 Å². The van der Waals surface area contributed by atoms with Crippen molar-refractivity contribution < 1.29 is 19.2 Å². The van der Waals surface area contributed by atoms with Crippen molar-refractivity contribution in [2.45, 2.75) is 13.0 Å². The molecule has 0 radical (unpaired) electrons. The van der Waals surface area contributed by atoms with Crippen LogP contribution < -0.4 is 5.32 Å². The Morgan fingerprint density at radius 2 is 1.81 bits per heavy atom. The highest BCUT2D eigenvalue weighted by Crippen LogP contribution is 2.28. The number of amides is 1. The highest BCUT2D eigenvalue weighted by molar-refractivity contribution is 5.99. The van der Waals surface area contributed by atoms with E-state index >= 15 is 0 Å². The molecular weight excluding hydrogens is 398 g/mol. The number of anilines is 1. The fraction of sp³-hybridized carbons (Fsp3) is 0.0870. The monoisotopic (exact) mass is 415 g/mol. The molecular formula is C23H17N3O5. The van der Waals surface area contributed by atoms with E-state index in [1.165, 1.54) is 36.4 Å². The normalized spacial score (nSPS) is 11.1. The molecule has 0 spiro atoms. The van der Waals surface area contributed by atoms with Gasteiger partial charge in [-0.2, -0.15) is 5.26 Å². The summed E-state index contributed by atoms with van der Waals surface area (Å²) in [6.07, 6.45) is -1.36. The summed E-state index contributed by atoms with van der Waals surface area (Å²) in [7, 11) is 0. The summed E-state index contributed by atoms with van der Waals surface area (Å²) in [5.74, 6) is -1.55. The molecule has 0 bridgehead atoms. The Balaban J connectivity index is 1.91. The van der Waals surface area contributed by atoms with Gasteiger partial charge in [-0.25, -0.2) is 4.79 Å². The van der Waals surface area contributed by atoms with Crippen LogP contribution in [0, 0.1) is 28.4 Å². The summed E-state index contributed by atoms with van der Waals surface area (Å²) >= 11 is 0. The molecule has 8 nitrogen and oxygen atoms in total. The molecule has 0 fully saturated rings. The number of nitro groups is 1. The zero-order valence-corrected chi connectivity index (χ0v) is 16.4. The van der Waals surface area contributed by atoms with Gasteiger partial charge in [0.25, 0.3) is 11.6 Å². The molecule has 3 rings (SSSR count). The van der Waals surface area contributed by atoms with Crippen molar-refractivity contribution in [3.05, 3.63) is 105 Å². The van der Waals surface area contributed by atoms with E-state index in [1.54, 1.807) is 43.3 Å². The van der Waals surface area contributed by atoms with Gasteiger partial charge in [-0.15, -0.1) is 0 Å². The number of aryl methyl sites for hydroxylation is 1. The van der Waals surface area contributed by atoms with Gasteiger partial charge in [0.1, 0.15) is 5.69 Å². The number of hydrogen-bond donors (Lipinski definition) is 1. The molecule has 3 aromatic rings. The van der Waals surface area contributed by atoms with Gasteiger partial charge in [0.2, 0.25) is 6.10 Å². The Morgan fingerprint density at radius 3 is 2.48 bits per heavy atom. The van der Waals surface area contributed by atoms with Crippen LogP contribution >= 0.6 is 0 Å². The van der Waals surface area contributed by atoms with E-state index < -0.39 is 22.9 Å². The van der Waals surface area contributed by atoms with Crippen molar-refractivity contribution in [2.24, 2.45) is 0 Å². The molecule has 0 saturated carbocycles. The molecule has 8 heteroatoms. The predicted octanol–water partition coefficient (Wildman–Crippen LogP) is 4.31. The van der Waals surface area contributed by atoms with Gasteiger partial charge in [-0.05, 0) is 36.8 Å². The lowest BCUT2D eigenvalue weighted by molar-refractivity contribution is -0.384. The van der Waals surface area contributed by atoms with Crippen LogP contribution in [0.1, 0.15) is 33.2 Å². The van der Waals surface area contributed by atoms with Crippen molar-refractivity contribution in [1.29, 1.82) is 5.26 Å². The standard InChI is InChI=1S/C23H17N3O5/c1-15-10-11-19(20(12-15)26(29)30)25-22(27)21(17-7-3-2-4-8-17)31-23(28)18-9-5-6-16(13-18)14-24/h2-13,21H,1H3,(H,25,27). The zero-order chi connectivity index (χ0) is 22.4. The second kappa shape index (κ2) is 9.33. The predicted molar refractivity (Wildman–Crippen MR) is 112 cm³/mol. The van der Waals surface area contributed by atoms with Crippen molar-refractivity contribution in [3.8, 4) is 6.07 Å². The fourth-order valence-corrected chi connectivity index (χ4v) is 2.89. The van der Waals surface area contributed by atoms with Gasteiger partial charge >= 0.3 is 5.97 Å². The van der Waals surface area contributed by atoms with Crippen molar-refractivity contribution in [3.63, 3.8) is 0 Å². The first-order valence-electron chi connectivity index (χ1n) is 9.21. The summed E-state index contributed by atoms with van der Waals surface area (Å²) < 4.78 is 5.45. The molecule has 1 amide bonds. The fourth-order valence-electron chi connectivity index (χ4n) is 2.89. The number of nitriles is 1. The number of nitrogens with one attached hydrogen (secondary N) is 1. The highest BCUT2D eigenvalue weighted by Gasteiger charge is 2.28. The number of carbonyl (C=O) groups excluding carboxylic acids is 2. The Hall–Kier alpha value is -4.51. The molecule has 1 atom stereocenters. The van der Waals surface area contributed by atoms with Gasteiger partial charge < -0.3 is 10.1 Å². The lowest BCUT2D eigenvalue weighted by Crippen LogP contribution is -2.26. The minimum Gasteiger partial charge on any atom is -0.444 e. The van der Waals surface area contributed by atoms with Crippen LogP contribution in [-0.4, -0.2) is 16.8 Å². The summed E-state index contributed by atoms with van der Waals surface area (Å²) in [5, 5.41) is 22.9. The number of esters is 1. The van der Waals surface area contributed by atoms with Crippen LogP contribution in [0.3, 0.4) is 0 Å². The first kappa shape index (κ1) is 21.2. The highest BCUT2D eigenvalue weighted by atomic mass is 16.6. The largest absolute Gasteiger partial charge is 0.444 e. The van der Waals surface area contributed by atoms with Crippen LogP contribution in [0.25, 0.3) is 0 Å². The van der Waals surface area contributed by atoms with Crippen LogP contribution in [0.15, 0.2) is 72.8 Å². The van der Waals surface area contributed by atoms with Crippen molar-refractivity contribution in [1.82, 2.24) is 0 Å². The zero-order valence-electron chi connectivity index (χ0n) is 16.4. The van der Waals surface area contributed by atoms with Crippen molar-refractivity contribution >= 4 is 23.3 Å². The van der Waals surface area contributed by atoms with Gasteiger partial charge in [-0.1, -0.05) is 42.5 Å². The van der Waals surface area contributed by atoms with E-state index in [1.807, 2.05) is 6.07 Å². The molecule has 0 aliphatic heterocycles. The van der Waals surface area contributed by atoms with E-state index in [0.29, 0.717) is 11.1 Å². The molecule has 154 valence electrons. The second-order valence-corrected chi connectivity index (χ2v) is 6.66. The van der Waals surface area contributed by atoms with Crippen LogP contribution in [0.4, 0.5) is 11.4 Å². The van der Waals surface area contributed by atoms with Crippen LogP contribution in [0.5, 0.6) is 0 Å². The molecule has 3 aromatic carbocycles. The van der Waals surface area contributed by atoms with E-state index in [-0.39, 0.29) is 22.5 Å². The SMILES string of the molecule is Cc1ccc(NC(=O)C(OC(=O)c2cccc(C#N)c2)c2ccccc2)c([N+](=O)[O-])c1. The molecule has 0 aliphatic rings. The Morgan fingerprint density at radius 1 is 1.06 bits per heavy atom. The number of nitro benzene ring substituents is 1. The molecule has 1 N–H and O–H groups in total. The average molecular weight is 415 g/mol. The summed E-state index contributed by atoms with van der Waals surface area (Å²) in [6.45, 7) is 1.70. The third-order valence-corrected chi connectivity index (χ3v) is 4.40. The Labute approximate surface area is 177 Å². The maximum absolute atomic E-state index is 13.0. The van der Waals surface area contributed by atoms with E-state index in [2.05, 4.69) is 5.32 Å². The maximum atomic E-state index is 13.0. The summed E-state index contributed by atoms with van der Waals surface area (Å²) in [5.41, 5.74) is 1.14. The van der Waals surface area contributed by atoms with E-state index in [4.69, 9.17) is 10.00 Å². The number of rotatable bonds is 6. The van der Waals surface area contributed by atoms with Gasteiger partial charge in [0.05, 0.1) is 22.1 Å². The summed E-state index contributed by atoms with van der Waals surface area (Å²) in [6, 6.07) is 20.5. The number of benzene rings is 3. The third kappa shape index (κ3) is 5.10. The second-order valence-electron chi connectivity index (χ2n) is 6.66. The molecule has 0 aliphatic carbocycles. The number of hydrogen-bond acceptors (Lipinski definition) is 6. The average Bonchev–Trinajstić information content (AvgIpc) is 2.78. The number of nitrogens with zero attached hydrogens (tertiary/aromatic N) is 2. The van der Waals surface area contributed by atoms with Crippen LogP contribution in [0.2, 0.25) is 0 Å². The lowest BCUT2D eigenvalue weighted by Gasteiger charge is -2.18. The van der Waals surface area contributed by atoms with Gasteiger partial charge in [0.15, 0.2) is 0 Å². The van der Waals surface area contributed by atoms with Crippen LogP contribution in [-0.2, 0) is 9.53 Å². The van der Waals surface area contributed by atoms with Crippen molar-refractivity contribution in [2.75, 3.05) is 5.32 Å². The maximum Gasteiger partial charge on any atom is 0.339 e. The summed E-state index contributed by atoms with van der Waals surface area (Å²) in [4.78, 5) is 36.4. The quantitative estimate of drug-likeness (QED) is 0.364. The molecule has 1 unspecified atom stereocenters. The number of carbonyl (C=O) groups is 2. The first-order chi connectivity index (χ1) is 14.9. The molecule has 0 saturated heterocycles. The third-order valence-electron chi connectivity index (χ3n) is 4.40. The van der Waals surface area contributed by atoms with Gasteiger partial charge in [-0.3, -0.25) is 14.9 Å². The Kier molecular flexibility index (Phi) is 6.38. The van der Waals surface area contributed by atoms with E-state index in [0.717, 1.165) is 0 Å². The molecule has 0 heterocycles. The Bertz CT molecular complexity index is 1190. The van der Waals surface area contributed by atoms with Gasteiger partial charge in [0, 0.05) is 11.6 Å². The number of ether oxygens (including phenoxy) is 1. The molecule has 0 aromatic heterocycles. The first-order valence-corrected chi connectivity index (χ1v) is 9.21. The minimum absolute atomic E-state index is 0.0101. The lowest BCUT2D eigenvalue weighted by atomic mass is 10.1. The minimum atomic E-state index is -1.36.